The molecular weight excluding hydrogens is 247 g/mol. The molecule has 1 amide bonds. The first-order chi connectivity index (χ1) is 8.70. The highest BCUT2D eigenvalue weighted by Gasteiger charge is 2.18. The van der Waals surface area contributed by atoms with Crippen LogP contribution in [0, 0.1) is 12.7 Å². The van der Waals surface area contributed by atoms with Crippen LogP contribution in [0.3, 0.4) is 0 Å². The van der Waals surface area contributed by atoms with E-state index >= 15 is 0 Å². The Labute approximate surface area is 113 Å². The maximum Gasteiger partial charge on any atom is 0.407 e. The second kappa shape index (κ2) is 6.02. The minimum atomic E-state index is -0.603. The highest BCUT2D eigenvalue weighted by Crippen LogP contribution is 2.19. The highest BCUT2D eigenvalue weighted by atomic mass is 19.1. The number of amides is 1. The number of nitrogens with one attached hydrogen (secondary N) is 1. The smallest absolute Gasteiger partial charge is 0.407 e. The molecule has 0 aliphatic rings. The van der Waals surface area contributed by atoms with Gasteiger partial charge in [0.25, 0.3) is 0 Å². The van der Waals surface area contributed by atoms with Gasteiger partial charge >= 0.3 is 6.09 Å². The van der Waals surface area contributed by atoms with Crippen molar-refractivity contribution < 1.29 is 13.9 Å². The number of ether oxygens (including phenoxy) is 1. The van der Waals surface area contributed by atoms with E-state index in [1.165, 1.54) is 6.07 Å². The Kier molecular flexibility index (Phi) is 4.89. The van der Waals surface area contributed by atoms with Crippen molar-refractivity contribution in [3.8, 4) is 0 Å². The Morgan fingerprint density at radius 3 is 2.63 bits per heavy atom. The van der Waals surface area contributed by atoms with Gasteiger partial charge in [0.2, 0.25) is 0 Å². The van der Waals surface area contributed by atoms with Crippen molar-refractivity contribution in [3.05, 3.63) is 35.1 Å². The van der Waals surface area contributed by atoms with Crippen LogP contribution in [-0.4, -0.2) is 18.2 Å². The van der Waals surface area contributed by atoms with Crippen molar-refractivity contribution in [1.29, 1.82) is 0 Å². The van der Waals surface area contributed by atoms with Crippen molar-refractivity contribution in [2.24, 2.45) is 5.73 Å². The number of halogens is 1. The number of alkyl carbamates (subject to hydrolysis) is 1. The minimum absolute atomic E-state index is 0.122. The molecule has 106 valence electrons. The lowest BCUT2D eigenvalue weighted by molar-refractivity contribution is 0.0524. The molecule has 0 saturated carbocycles. The maximum absolute atomic E-state index is 13.7. The van der Waals surface area contributed by atoms with Crippen LogP contribution >= 0.6 is 0 Å². The topological polar surface area (TPSA) is 64.3 Å². The zero-order chi connectivity index (χ0) is 14.6. The van der Waals surface area contributed by atoms with Gasteiger partial charge in [-0.1, -0.05) is 12.1 Å². The van der Waals surface area contributed by atoms with Gasteiger partial charge in [-0.25, -0.2) is 9.18 Å². The molecule has 1 unspecified atom stereocenters. The van der Waals surface area contributed by atoms with Crippen LogP contribution in [0.25, 0.3) is 0 Å². The number of benzene rings is 1. The summed E-state index contributed by atoms with van der Waals surface area (Å²) in [5, 5.41) is 2.54. The van der Waals surface area contributed by atoms with E-state index < -0.39 is 17.7 Å². The summed E-state index contributed by atoms with van der Waals surface area (Å²) in [5.41, 5.74) is 6.51. The van der Waals surface area contributed by atoms with Crippen LogP contribution in [0.4, 0.5) is 9.18 Å². The lowest BCUT2D eigenvalue weighted by Gasteiger charge is -2.21. The average molecular weight is 268 g/mol. The van der Waals surface area contributed by atoms with Gasteiger partial charge in [0.15, 0.2) is 0 Å². The molecule has 0 spiro atoms. The van der Waals surface area contributed by atoms with Gasteiger partial charge in [-0.2, -0.15) is 0 Å². The van der Waals surface area contributed by atoms with Crippen molar-refractivity contribution >= 4 is 6.09 Å². The van der Waals surface area contributed by atoms with E-state index in [0.717, 1.165) is 5.56 Å². The first kappa shape index (κ1) is 15.4. The van der Waals surface area contributed by atoms with Crippen molar-refractivity contribution in [2.45, 2.75) is 39.3 Å². The molecule has 1 rings (SSSR count). The Morgan fingerprint density at radius 1 is 1.47 bits per heavy atom. The van der Waals surface area contributed by atoms with E-state index in [0.29, 0.717) is 5.56 Å². The number of nitrogens with two attached hydrogens (primary N) is 1. The normalized spacial score (nSPS) is 12.9. The summed E-state index contributed by atoms with van der Waals surface area (Å²) >= 11 is 0. The number of aryl methyl sites for hydroxylation is 1. The summed E-state index contributed by atoms with van der Waals surface area (Å²) in [7, 11) is 0. The first-order valence-electron chi connectivity index (χ1n) is 6.18. The van der Waals surface area contributed by atoms with E-state index in [9.17, 15) is 9.18 Å². The molecular formula is C14H21FN2O2. The van der Waals surface area contributed by atoms with Crippen LogP contribution in [0.5, 0.6) is 0 Å². The van der Waals surface area contributed by atoms with Crippen LogP contribution in [0.15, 0.2) is 18.2 Å². The predicted molar refractivity (Wildman–Crippen MR) is 72.3 cm³/mol. The Morgan fingerprint density at radius 2 is 2.11 bits per heavy atom. The van der Waals surface area contributed by atoms with Crippen molar-refractivity contribution in [1.82, 2.24) is 5.32 Å². The van der Waals surface area contributed by atoms with E-state index in [1.54, 1.807) is 39.8 Å². The van der Waals surface area contributed by atoms with Gasteiger partial charge in [-0.15, -0.1) is 0 Å². The van der Waals surface area contributed by atoms with Crippen LogP contribution in [0.1, 0.15) is 37.9 Å². The van der Waals surface area contributed by atoms with E-state index in [4.69, 9.17) is 10.5 Å². The third-order valence-corrected chi connectivity index (χ3v) is 2.51. The average Bonchev–Trinajstić information content (AvgIpc) is 2.23. The number of hydrogen-bond donors (Lipinski definition) is 2. The van der Waals surface area contributed by atoms with Crippen LogP contribution in [0.2, 0.25) is 0 Å². The van der Waals surface area contributed by atoms with Gasteiger partial charge < -0.3 is 15.8 Å². The SMILES string of the molecule is Cc1cccc(F)c1C(N)CNC(=O)OC(C)(C)C. The first-order valence-corrected chi connectivity index (χ1v) is 6.18. The molecule has 19 heavy (non-hydrogen) atoms. The monoisotopic (exact) mass is 268 g/mol. The molecule has 5 heteroatoms. The summed E-state index contributed by atoms with van der Waals surface area (Å²) in [6, 6.07) is 4.16. The third kappa shape index (κ3) is 4.87. The maximum atomic E-state index is 13.7. The molecule has 0 aliphatic carbocycles. The molecule has 1 aromatic carbocycles. The summed E-state index contributed by atoms with van der Waals surface area (Å²) in [5.74, 6) is -0.363. The largest absolute Gasteiger partial charge is 0.444 e. The summed E-state index contributed by atoms with van der Waals surface area (Å²) in [6.45, 7) is 7.22. The lowest BCUT2D eigenvalue weighted by Crippen LogP contribution is -2.37. The molecule has 0 heterocycles. The van der Waals surface area contributed by atoms with E-state index in [-0.39, 0.29) is 12.4 Å². The zero-order valence-corrected chi connectivity index (χ0v) is 11.8. The second-order valence-electron chi connectivity index (χ2n) is 5.46. The minimum Gasteiger partial charge on any atom is -0.444 e. The molecule has 1 aromatic rings. The quantitative estimate of drug-likeness (QED) is 0.885. The predicted octanol–water partition coefficient (Wildman–Crippen LogP) is 2.66. The summed E-state index contributed by atoms with van der Waals surface area (Å²) < 4.78 is 18.8. The van der Waals surface area contributed by atoms with Gasteiger partial charge in [0.1, 0.15) is 11.4 Å². The van der Waals surface area contributed by atoms with E-state index in [1.807, 2.05) is 0 Å². The molecule has 3 N–H and O–H groups in total. The zero-order valence-electron chi connectivity index (χ0n) is 11.8. The molecule has 0 bridgehead atoms. The van der Waals surface area contributed by atoms with Crippen LogP contribution < -0.4 is 11.1 Å². The van der Waals surface area contributed by atoms with E-state index in [2.05, 4.69) is 5.32 Å². The fourth-order valence-corrected chi connectivity index (χ4v) is 1.72. The number of rotatable bonds is 3. The molecule has 4 nitrogen and oxygen atoms in total. The summed E-state index contributed by atoms with van der Waals surface area (Å²) in [4.78, 5) is 11.5. The highest BCUT2D eigenvalue weighted by molar-refractivity contribution is 5.67. The molecule has 0 saturated heterocycles. The lowest BCUT2D eigenvalue weighted by atomic mass is 10.0. The van der Waals surface area contributed by atoms with Gasteiger partial charge in [-0.3, -0.25) is 0 Å². The molecule has 0 aliphatic heterocycles. The summed E-state index contributed by atoms with van der Waals surface area (Å²) in [6.07, 6.45) is -0.558. The van der Waals surface area contributed by atoms with Crippen molar-refractivity contribution in [3.63, 3.8) is 0 Å². The standard InChI is InChI=1S/C14H21FN2O2/c1-9-6-5-7-10(15)12(9)11(16)8-17-13(18)19-14(2,3)4/h5-7,11H,8,16H2,1-4H3,(H,17,18). The second-order valence-corrected chi connectivity index (χ2v) is 5.46. The van der Waals surface area contributed by atoms with Gasteiger partial charge in [0, 0.05) is 12.1 Å². The molecule has 0 fully saturated rings. The number of carbonyl (C=O) groups excluding carboxylic acids is 1. The Hall–Kier alpha value is -1.62. The Balaban J connectivity index is 2.61. The fraction of sp³-hybridized carbons (Fsp3) is 0.500. The number of carbonyl (C=O) groups is 1. The van der Waals surface area contributed by atoms with Gasteiger partial charge in [-0.05, 0) is 39.3 Å². The van der Waals surface area contributed by atoms with Gasteiger partial charge in [0.05, 0.1) is 6.04 Å². The van der Waals surface area contributed by atoms with Crippen molar-refractivity contribution in [2.75, 3.05) is 6.54 Å². The molecule has 1 atom stereocenters. The third-order valence-electron chi connectivity index (χ3n) is 2.51. The Bertz CT molecular complexity index is 435. The molecule has 0 aromatic heterocycles. The van der Waals surface area contributed by atoms with Crippen LogP contribution in [-0.2, 0) is 4.74 Å². The number of hydrogen-bond acceptors (Lipinski definition) is 3. The fourth-order valence-electron chi connectivity index (χ4n) is 1.72. The molecule has 0 radical (unpaired) electrons.